The van der Waals surface area contributed by atoms with Crippen LogP contribution in [0.3, 0.4) is 0 Å². The molecule has 98 valence electrons. The Morgan fingerprint density at radius 3 is 2.06 bits per heavy atom. The van der Waals surface area contributed by atoms with Crippen LogP contribution in [-0.4, -0.2) is 28.1 Å². The molecule has 4 nitrogen and oxygen atoms in total. The molecule has 0 aromatic rings. The maximum atomic E-state index is 9.75. The largest absolute Gasteiger partial charge is 0.390 e. The van der Waals surface area contributed by atoms with E-state index >= 15 is 0 Å². The van der Waals surface area contributed by atoms with Crippen LogP contribution < -0.4 is 11.5 Å². The van der Waals surface area contributed by atoms with Gasteiger partial charge in [-0.05, 0) is 12.8 Å². The Labute approximate surface area is 99.0 Å². The summed E-state index contributed by atoms with van der Waals surface area (Å²) in [4.78, 5) is 0. The van der Waals surface area contributed by atoms with Crippen LogP contribution in [-0.2, 0) is 0 Å². The molecule has 0 spiro atoms. The van der Waals surface area contributed by atoms with E-state index in [0.717, 1.165) is 12.8 Å². The average molecular weight is 232 g/mol. The fraction of sp³-hybridized carbons (Fsp3) is 1.00. The highest BCUT2D eigenvalue weighted by Gasteiger charge is 2.32. The Hall–Kier alpha value is -0.160. The van der Waals surface area contributed by atoms with Crippen molar-refractivity contribution in [3.8, 4) is 0 Å². The van der Waals surface area contributed by atoms with Gasteiger partial charge in [0.15, 0.2) is 0 Å². The van der Waals surface area contributed by atoms with Gasteiger partial charge in [0.1, 0.15) is 6.10 Å². The van der Waals surface area contributed by atoms with Gasteiger partial charge in [-0.15, -0.1) is 0 Å². The number of nitrogens with two attached hydrogens (primary N) is 2. The zero-order valence-electron chi connectivity index (χ0n) is 10.7. The summed E-state index contributed by atoms with van der Waals surface area (Å²) in [5, 5.41) is 19.5. The summed E-state index contributed by atoms with van der Waals surface area (Å²) in [5.41, 5.74) is 10.2. The topological polar surface area (TPSA) is 92.5 Å². The normalized spacial score (nSPS) is 16.1. The smallest absolute Gasteiger partial charge is 0.111 e. The molecule has 0 aromatic carbocycles. The molecule has 16 heavy (non-hydrogen) atoms. The van der Waals surface area contributed by atoms with Gasteiger partial charge in [0, 0.05) is 0 Å². The summed E-state index contributed by atoms with van der Waals surface area (Å²) in [7, 11) is 0. The van der Waals surface area contributed by atoms with Crippen molar-refractivity contribution in [2.45, 2.75) is 76.7 Å². The Morgan fingerprint density at radius 2 is 1.56 bits per heavy atom. The fourth-order valence-corrected chi connectivity index (χ4v) is 1.68. The Kier molecular flexibility index (Phi) is 7.93. The van der Waals surface area contributed by atoms with Crippen LogP contribution in [0, 0.1) is 0 Å². The minimum Gasteiger partial charge on any atom is -0.390 e. The van der Waals surface area contributed by atoms with E-state index in [1.54, 1.807) is 6.92 Å². The summed E-state index contributed by atoms with van der Waals surface area (Å²) in [6, 6.07) is 0. The molecule has 0 aliphatic rings. The van der Waals surface area contributed by atoms with E-state index in [1.807, 2.05) is 0 Å². The minimum atomic E-state index is -1.18. The second-order valence-corrected chi connectivity index (χ2v) is 4.68. The molecule has 0 heterocycles. The molecule has 0 saturated carbocycles. The van der Waals surface area contributed by atoms with Gasteiger partial charge in [0.05, 0.1) is 11.8 Å². The van der Waals surface area contributed by atoms with Gasteiger partial charge in [0.25, 0.3) is 0 Å². The van der Waals surface area contributed by atoms with Crippen molar-refractivity contribution >= 4 is 0 Å². The third-order valence-corrected chi connectivity index (χ3v) is 3.13. The van der Waals surface area contributed by atoms with Gasteiger partial charge in [-0.2, -0.15) is 0 Å². The van der Waals surface area contributed by atoms with E-state index in [-0.39, 0.29) is 0 Å². The molecule has 0 aromatic heterocycles. The number of hydrogen-bond acceptors (Lipinski definition) is 4. The van der Waals surface area contributed by atoms with Crippen LogP contribution in [0.15, 0.2) is 0 Å². The highest BCUT2D eigenvalue weighted by atomic mass is 16.3. The lowest BCUT2D eigenvalue weighted by Gasteiger charge is -2.32. The first kappa shape index (κ1) is 15.8. The van der Waals surface area contributed by atoms with Crippen molar-refractivity contribution in [3.05, 3.63) is 0 Å². The second-order valence-electron chi connectivity index (χ2n) is 4.68. The third-order valence-electron chi connectivity index (χ3n) is 3.13. The minimum absolute atomic E-state index is 0.445. The van der Waals surface area contributed by atoms with Gasteiger partial charge in [-0.3, -0.25) is 0 Å². The molecule has 2 atom stereocenters. The average Bonchev–Trinajstić information content (AvgIpc) is 2.27. The van der Waals surface area contributed by atoms with Gasteiger partial charge < -0.3 is 21.7 Å². The van der Waals surface area contributed by atoms with Crippen LogP contribution in [0.4, 0.5) is 0 Å². The SMILES string of the molecule is CCCCCCCC(O)C(O)C(N)(N)CC. The molecule has 0 amide bonds. The van der Waals surface area contributed by atoms with E-state index in [0.29, 0.717) is 12.8 Å². The number of aliphatic hydroxyl groups excluding tert-OH is 2. The molecule has 0 aliphatic carbocycles. The van der Waals surface area contributed by atoms with Crippen LogP contribution >= 0.6 is 0 Å². The highest BCUT2D eigenvalue weighted by Crippen LogP contribution is 2.15. The zero-order chi connectivity index (χ0) is 12.6. The molecule has 6 N–H and O–H groups in total. The first-order chi connectivity index (χ1) is 7.45. The molecule has 2 unspecified atom stereocenters. The third kappa shape index (κ3) is 5.80. The molecule has 4 heteroatoms. The summed E-state index contributed by atoms with van der Waals surface area (Å²) < 4.78 is 0. The highest BCUT2D eigenvalue weighted by molar-refractivity contribution is 4.88. The van der Waals surface area contributed by atoms with Crippen LogP contribution in [0.2, 0.25) is 0 Å². The fourth-order valence-electron chi connectivity index (χ4n) is 1.68. The molecule has 0 fully saturated rings. The van der Waals surface area contributed by atoms with Gasteiger partial charge in [-0.1, -0.05) is 46.0 Å². The van der Waals surface area contributed by atoms with Crippen LogP contribution in [0.25, 0.3) is 0 Å². The summed E-state index contributed by atoms with van der Waals surface area (Å²) in [6.07, 6.45) is 4.79. The van der Waals surface area contributed by atoms with Crippen LogP contribution in [0.1, 0.15) is 58.8 Å². The summed E-state index contributed by atoms with van der Waals surface area (Å²) in [5.74, 6) is 0. The molecule has 0 saturated heterocycles. The molecule has 0 bridgehead atoms. The molecule has 0 radical (unpaired) electrons. The Morgan fingerprint density at radius 1 is 1.00 bits per heavy atom. The summed E-state index contributed by atoms with van der Waals surface area (Å²) >= 11 is 0. The summed E-state index contributed by atoms with van der Waals surface area (Å²) in [6.45, 7) is 3.97. The quantitative estimate of drug-likeness (QED) is 0.354. The lowest BCUT2D eigenvalue weighted by molar-refractivity contribution is -0.0334. The maximum Gasteiger partial charge on any atom is 0.111 e. The monoisotopic (exact) mass is 232 g/mol. The van der Waals surface area contributed by atoms with Gasteiger partial charge >= 0.3 is 0 Å². The van der Waals surface area contributed by atoms with Crippen LogP contribution in [0.5, 0.6) is 0 Å². The Bertz CT molecular complexity index is 174. The number of aliphatic hydroxyl groups is 2. The van der Waals surface area contributed by atoms with Crippen molar-refractivity contribution in [2.75, 3.05) is 0 Å². The van der Waals surface area contributed by atoms with Crippen molar-refractivity contribution in [1.82, 2.24) is 0 Å². The number of rotatable bonds is 9. The molecule has 0 aliphatic heterocycles. The first-order valence-corrected chi connectivity index (χ1v) is 6.39. The van der Waals surface area contributed by atoms with Crippen molar-refractivity contribution in [3.63, 3.8) is 0 Å². The van der Waals surface area contributed by atoms with E-state index in [1.165, 1.54) is 19.3 Å². The Balaban J connectivity index is 3.75. The first-order valence-electron chi connectivity index (χ1n) is 6.39. The molecular formula is C12H28N2O2. The predicted molar refractivity (Wildman–Crippen MR) is 66.8 cm³/mol. The second kappa shape index (κ2) is 8.01. The van der Waals surface area contributed by atoms with E-state index in [4.69, 9.17) is 11.5 Å². The molecule has 0 rings (SSSR count). The lowest BCUT2D eigenvalue weighted by atomic mass is 9.94. The maximum absolute atomic E-state index is 9.75. The van der Waals surface area contributed by atoms with Gasteiger partial charge in [-0.25, -0.2) is 0 Å². The number of unbranched alkanes of at least 4 members (excludes halogenated alkanes) is 4. The molecular weight excluding hydrogens is 204 g/mol. The van der Waals surface area contributed by atoms with E-state index in [9.17, 15) is 10.2 Å². The lowest BCUT2D eigenvalue weighted by Crippen LogP contribution is -2.62. The predicted octanol–water partition coefficient (Wildman–Crippen LogP) is 1.09. The van der Waals surface area contributed by atoms with Crippen molar-refractivity contribution in [2.24, 2.45) is 11.5 Å². The van der Waals surface area contributed by atoms with Gasteiger partial charge in [0.2, 0.25) is 0 Å². The van der Waals surface area contributed by atoms with E-state index in [2.05, 4.69) is 6.92 Å². The zero-order valence-corrected chi connectivity index (χ0v) is 10.7. The van der Waals surface area contributed by atoms with Crippen molar-refractivity contribution < 1.29 is 10.2 Å². The van der Waals surface area contributed by atoms with E-state index < -0.39 is 17.9 Å². The number of hydrogen-bond donors (Lipinski definition) is 4. The standard InChI is InChI=1S/C12H28N2O2/c1-3-5-6-7-8-9-10(15)11(16)12(13,14)4-2/h10-11,15-16H,3-9,13-14H2,1-2H3. The van der Waals surface area contributed by atoms with Crippen molar-refractivity contribution in [1.29, 1.82) is 0 Å².